The Labute approximate surface area is 91.9 Å². The normalized spacial score (nSPS) is 8.00. The summed E-state index contributed by atoms with van der Waals surface area (Å²) in [5, 5.41) is 32.8. The third-order valence-corrected chi connectivity index (χ3v) is 1.28. The van der Waals surface area contributed by atoms with E-state index in [1.54, 1.807) is 0 Å². The van der Waals surface area contributed by atoms with E-state index in [1.165, 1.54) is 0 Å². The molecule has 0 atom stereocenters. The SMILES string of the molecule is O.O.O.O.O=C(O)C(C(=O)O)(C(=O)O)C(=O)O. The lowest BCUT2D eigenvalue weighted by Gasteiger charge is -2.13. The first-order chi connectivity index (χ1) is 5.77. The second kappa shape index (κ2) is 8.98. The molecule has 0 fully saturated rings. The predicted octanol–water partition coefficient (Wildman–Crippen LogP) is -4.99. The number of hydrogen-bond acceptors (Lipinski definition) is 4. The van der Waals surface area contributed by atoms with E-state index in [0.29, 0.717) is 0 Å². The van der Waals surface area contributed by atoms with E-state index in [1.807, 2.05) is 0 Å². The van der Waals surface area contributed by atoms with Gasteiger partial charge in [0.1, 0.15) is 0 Å². The minimum Gasteiger partial charge on any atom is -0.480 e. The average molecular weight is 264 g/mol. The lowest BCUT2D eigenvalue weighted by atomic mass is 9.89. The van der Waals surface area contributed by atoms with Gasteiger partial charge in [-0.2, -0.15) is 0 Å². The topological polar surface area (TPSA) is 275 Å². The molecule has 0 aromatic rings. The van der Waals surface area contributed by atoms with Crippen molar-refractivity contribution < 1.29 is 61.5 Å². The van der Waals surface area contributed by atoms with E-state index in [4.69, 9.17) is 20.4 Å². The molecular formula is C5H12O12. The van der Waals surface area contributed by atoms with Gasteiger partial charge in [0.2, 0.25) is 0 Å². The third kappa shape index (κ3) is 3.99. The third-order valence-electron chi connectivity index (χ3n) is 1.28. The maximum absolute atomic E-state index is 10.2. The number of rotatable bonds is 4. The van der Waals surface area contributed by atoms with Gasteiger partial charge in [0.05, 0.1) is 0 Å². The molecule has 0 aromatic carbocycles. The number of hydrogen-bond donors (Lipinski definition) is 4. The molecule has 0 amide bonds. The Kier molecular flexibility index (Phi) is 15.5. The fourth-order valence-corrected chi connectivity index (χ4v) is 0.549. The number of carboxylic acid groups (broad SMARTS) is 4. The summed E-state index contributed by atoms with van der Waals surface area (Å²) in [5.41, 5.74) is -3.83. The molecule has 0 aromatic heterocycles. The van der Waals surface area contributed by atoms with Crippen LogP contribution in [0.3, 0.4) is 0 Å². The highest BCUT2D eigenvalue weighted by Gasteiger charge is 2.62. The van der Waals surface area contributed by atoms with Gasteiger partial charge in [-0.15, -0.1) is 0 Å². The lowest BCUT2D eigenvalue weighted by Crippen LogP contribution is -2.52. The van der Waals surface area contributed by atoms with E-state index in [0.717, 1.165) is 0 Å². The van der Waals surface area contributed by atoms with Crippen LogP contribution in [-0.4, -0.2) is 66.2 Å². The van der Waals surface area contributed by atoms with Crippen molar-refractivity contribution in [3.8, 4) is 0 Å². The summed E-state index contributed by atoms with van der Waals surface area (Å²) in [6, 6.07) is 0. The highest BCUT2D eigenvalue weighted by molar-refractivity contribution is 6.31. The highest BCUT2D eigenvalue weighted by Crippen LogP contribution is 2.18. The molecule has 0 spiro atoms. The Balaban J connectivity index is -0.000000120. The van der Waals surface area contributed by atoms with E-state index < -0.39 is 29.3 Å². The summed E-state index contributed by atoms with van der Waals surface area (Å²) in [5.74, 6) is -9.83. The zero-order valence-electron chi connectivity index (χ0n) is 7.92. The predicted molar refractivity (Wildman–Crippen MR) is 47.4 cm³/mol. The van der Waals surface area contributed by atoms with Crippen molar-refractivity contribution in [2.75, 3.05) is 0 Å². The van der Waals surface area contributed by atoms with Crippen molar-refractivity contribution in [3.05, 3.63) is 0 Å². The largest absolute Gasteiger partial charge is 0.480 e. The van der Waals surface area contributed by atoms with Gasteiger partial charge in [0, 0.05) is 0 Å². The summed E-state index contributed by atoms with van der Waals surface area (Å²) in [6.45, 7) is 0. The summed E-state index contributed by atoms with van der Waals surface area (Å²) in [7, 11) is 0. The fraction of sp³-hybridized carbons (Fsp3) is 0.200. The molecular weight excluding hydrogens is 252 g/mol. The van der Waals surface area contributed by atoms with E-state index in [2.05, 4.69) is 0 Å². The van der Waals surface area contributed by atoms with Gasteiger partial charge in [-0.1, -0.05) is 0 Å². The molecule has 0 bridgehead atoms. The zero-order chi connectivity index (χ0) is 10.8. The van der Waals surface area contributed by atoms with Crippen LogP contribution in [0.25, 0.3) is 0 Å². The first-order valence-electron chi connectivity index (χ1n) is 2.71. The smallest absolute Gasteiger partial charge is 0.354 e. The Morgan fingerprint density at radius 2 is 0.647 bits per heavy atom. The molecule has 0 unspecified atom stereocenters. The average Bonchev–Trinajstić information content (AvgIpc) is 1.82. The van der Waals surface area contributed by atoms with Crippen molar-refractivity contribution in [1.29, 1.82) is 0 Å². The van der Waals surface area contributed by atoms with Crippen LogP contribution >= 0.6 is 0 Å². The minimum absolute atomic E-state index is 0. The van der Waals surface area contributed by atoms with E-state index >= 15 is 0 Å². The van der Waals surface area contributed by atoms with Crippen LogP contribution in [0.1, 0.15) is 0 Å². The van der Waals surface area contributed by atoms with Crippen LogP contribution in [0.4, 0.5) is 0 Å². The Morgan fingerprint density at radius 1 is 0.529 bits per heavy atom. The maximum atomic E-state index is 10.2. The monoisotopic (exact) mass is 264 g/mol. The van der Waals surface area contributed by atoms with Crippen LogP contribution < -0.4 is 0 Å². The second-order valence-corrected chi connectivity index (χ2v) is 1.97. The summed E-state index contributed by atoms with van der Waals surface area (Å²) in [6.07, 6.45) is 0. The number of carbonyl (C=O) groups is 4. The van der Waals surface area contributed by atoms with Crippen molar-refractivity contribution in [3.63, 3.8) is 0 Å². The molecule has 0 saturated carbocycles. The van der Waals surface area contributed by atoms with Gasteiger partial charge < -0.3 is 42.3 Å². The van der Waals surface area contributed by atoms with Gasteiger partial charge in [0.15, 0.2) is 0 Å². The fourth-order valence-electron chi connectivity index (χ4n) is 0.549. The van der Waals surface area contributed by atoms with Crippen LogP contribution in [0.15, 0.2) is 0 Å². The van der Waals surface area contributed by atoms with Gasteiger partial charge in [-0.3, -0.25) is 0 Å². The highest BCUT2D eigenvalue weighted by atomic mass is 16.4. The molecule has 12 heteroatoms. The van der Waals surface area contributed by atoms with E-state index in [-0.39, 0.29) is 21.9 Å². The maximum Gasteiger partial charge on any atom is 0.354 e. The van der Waals surface area contributed by atoms with Crippen LogP contribution in [0, 0.1) is 5.41 Å². The van der Waals surface area contributed by atoms with Crippen LogP contribution in [0.5, 0.6) is 0 Å². The van der Waals surface area contributed by atoms with Gasteiger partial charge in [-0.25, -0.2) is 19.2 Å². The standard InChI is InChI=1S/C5H4O8.4H2O/c6-1(7)5(2(8)9,3(10)11)4(12)13;;;;/h(H,6,7)(H,8,9)(H,10,11)(H,12,13);4*1H2. The molecule has 104 valence electrons. The molecule has 0 aliphatic heterocycles. The zero-order valence-corrected chi connectivity index (χ0v) is 7.92. The quantitative estimate of drug-likeness (QED) is 0.355. The summed E-state index contributed by atoms with van der Waals surface area (Å²) < 4.78 is 0. The van der Waals surface area contributed by atoms with Gasteiger partial charge >= 0.3 is 29.3 Å². The van der Waals surface area contributed by atoms with E-state index in [9.17, 15) is 19.2 Å². The van der Waals surface area contributed by atoms with Crippen LogP contribution in [-0.2, 0) is 19.2 Å². The minimum atomic E-state index is -3.83. The molecule has 0 rings (SSSR count). The first-order valence-corrected chi connectivity index (χ1v) is 2.71. The molecule has 0 heterocycles. The van der Waals surface area contributed by atoms with Crippen molar-refractivity contribution >= 4 is 23.9 Å². The molecule has 17 heavy (non-hydrogen) atoms. The van der Waals surface area contributed by atoms with Gasteiger partial charge in [0.25, 0.3) is 0 Å². The van der Waals surface area contributed by atoms with Gasteiger partial charge in [-0.05, 0) is 0 Å². The Bertz CT molecular complexity index is 230. The Morgan fingerprint density at radius 3 is 0.647 bits per heavy atom. The summed E-state index contributed by atoms with van der Waals surface area (Å²) >= 11 is 0. The first kappa shape index (κ1) is 29.3. The van der Waals surface area contributed by atoms with Crippen LogP contribution in [0.2, 0.25) is 0 Å². The lowest BCUT2D eigenvalue weighted by molar-refractivity contribution is -0.183. The molecule has 0 saturated heterocycles. The molecule has 12 nitrogen and oxygen atoms in total. The Hall–Kier alpha value is -2.28. The molecule has 12 N–H and O–H groups in total. The van der Waals surface area contributed by atoms with Crippen molar-refractivity contribution in [2.45, 2.75) is 0 Å². The number of aliphatic carboxylic acids is 4. The number of carboxylic acids is 4. The van der Waals surface area contributed by atoms with Crippen molar-refractivity contribution in [2.24, 2.45) is 5.41 Å². The van der Waals surface area contributed by atoms with Crippen molar-refractivity contribution in [1.82, 2.24) is 0 Å². The molecule has 0 aliphatic carbocycles. The molecule has 0 aliphatic rings. The second-order valence-electron chi connectivity index (χ2n) is 1.97. The molecule has 0 radical (unpaired) electrons. The summed E-state index contributed by atoms with van der Waals surface area (Å²) in [4.78, 5) is 40.8.